The van der Waals surface area contributed by atoms with Gasteiger partial charge in [-0.15, -0.1) is 0 Å². The second-order valence-electron chi connectivity index (χ2n) is 17.2. The number of benzene rings is 8. The van der Waals surface area contributed by atoms with Crippen LogP contribution in [-0.4, -0.2) is 24.1 Å². The minimum Gasteiger partial charge on any atom is -0.456 e. The Labute approximate surface area is 372 Å². The summed E-state index contributed by atoms with van der Waals surface area (Å²) in [6, 6.07) is 61.2. The molecule has 0 fully saturated rings. The molecule has 8 aromatic carbocycles. The van der Waals surface area contributed by atoms with E-state index in [1.807, 2.05) is 42.5 Å². The van der Waals surface area contributed by atoms with Gasteiger partial charge in [0.2, 0.25) is 0 Å². The summed E-state index contributed by atoms with van der Waals surface area (Å²) < 4.78 is 18.1. The normalized spacial score (nSPS) is 14.0. The maximum Gasteiger partial charge on any atom is 0.166 e. The lowest BCUT2D eigenvalue weighted by atomic mass is 9.93. The number of fused-ring (bicyclic) bond motifs is 12. The molecule has 0 aliphatic heterocycles. The molecule has 1 unspecified atom stereocenters. The molecular formula is C58H37N5O2. The van der Waals surface area contributed by atoms with E-state index in [1.165, 1.54) is 27.4 Å². The predicted octanol–water partition coefficient (Wildman–Crippen LogP) is 14.9. The second kappa shape index (κ2) is 13.7. The Balaban J connectivity index is 1.16. The average molecular weight is 836 g/mol. The van der Waals surface area contributed by atoms with Gasteiger partial charge >= 0.3 is 0 Å². The predicted molar refractivity (Wildman–Crippen MR) is 264 cm³/mol. The highest BCUT2D eigenvalue weighted by molar-refractivity contribution is 6.17. The zero-order valence-corrected chi connectivity index (χ0v) is 35.2. The van der Waals surface area contributed by atoms with Gasteiger partial charge in [0.15, 0.2) is 17.5 Å². The van der Waals surface area contributed by atoms with E-state index < -0.39 is 0 Å². The van der Waals surface area contributed by atoms with Crippen LogP contribution < -0.4 is 0 Å². The molecule has 65 heavy (non-hydrogen) atoms. The standard InChI is InChI=1S/C58H37N5O2/c1-34-27-28-45-41(33-34)38-19-7-12-24-44(38)63(45)47-30-32-51-53(40-21-9-14-26-49(40)65-51)55(47)58-60-56(35-15-3-2-4-16-35)59-57(61-58)54-46(29-31-50-52(54)39-20-8-13-25-48(39)64-50)62-42-22-10-5-17-36(42)37-18-6-11-23-43(37)62/h2-32,34H,33H2,1H3. The van der Waals surface area contributed by atoms with Gasteiger partial charge in [0, 0.05) is 49.0 Å². The molecule has 0 spiro atoms. The van der Waals surface area contributed by atoms with Gasteiger partial charge in [-0.1, -0.05) is 134 Å². The van der Waals surface area contributed by atoms with Crippen LogP contribution in [0.25, 0.3) is 128 Å². The van der Waals surface area contributed by atoms with Crippen LogP contribution in [-0.2, 0) is 6.42 Å². The molecular weight excluding hydrogens is 799 g/mol. The second-order valence-corrected chi connectivity index (χ2v) is 17.2. The fourth-order valence-electron chi connectivity index (χ4n) is 10.6. The van der Waals surface area contributed by atoms with E-state index in [-0.39, 0.29) is 0 Å². The number of hydrogen-bond acceptors (Lipinski definition) is 5. The molecule has 306 valence electrons. The molecule has 1 aliphatic rings. The van der Waals surface area contributed by atoms with E-state index in [4.69, 9.17) is 23.8 Å². The van der Waals surface area contributed by atoms with Crippen molar-refractivity contribution in [1.29, 1.82) is 0 Å². The van der Waals surface area contributed by atoms with Crippen LogP contribution in [0.2, 0.25) is 0 Å². The molecule has 5 heterocycles. The third-order valence-electron chi connectivity index (χ3n) is 13.3. The number of aromatic nitrogens is 5. The largest absolute Gasteiger partial charge is 0.456 e. The Kier molecular flexibility index (Phi) is 7.60. The molecule has 0 bridgehead atoms. The van der Waals surface area contributed by atoms with Crippen molar-refractivity contribution in [2.45, 2.75) is 13.3 Å². The fraction of sp³-hybridized carbons (Fsp3) is 0.0517. The molecule has 7 nitrogen and oxygen atoms in total. The van der Waals surface area contributed by atoms with Crippen molar-refractivity contribution in [2.75, 3.05) is 0 Å². The van der Waals surface area contributed by atoms with Gasteiger partial charge < -0.3 is 18.0 Å². The molecule has 14 rings (SSSR count). The summed E-state index contributed by atoms with van der Waals surface area (Å²) in [5, 5.41) is 7.45. The number of nitrogens with zero attached hydrogens (tertiary/aromatic N) is 5. The van der Waals surface area contributed by atoms with Gasteiger partial charge in [0.1, 0.15) is 22.3 Å². The van der Waals surface area contributed by atoms with Crippen LogP contribution in [0.4, 0.5) is 0 Å². The van der Waals surface area contributed by atoms with Gasteiger partial charge in [-0.05, 0) is 78.6 Å². The summed E-state index contributed by atoms with van der Waals surface area (Å²) in [5.74, 6) is 2.06. The fourth-order valence-corrected chi connectivity index (χ4v) is 10.6. The highest BCUT2D eigenvalue weighted by Gasteiger charge is 2.29. The van der Waals surface area contributed by atoms with E-state index in [0.29, 0.717) is 23.4 Å². The molecule has 0 saturated heterocycles. The van der Waals surface area contributed by atoms with Gasteiger partial charge in [-0.25, -0.2) is 15.0 Å². The van der Waals surface area contributed by atoms with Crippen molar-refractivity contribution in [3.05, 3.63) is 193 Å². The SMILES string of the molecule is CC1C=Cc2c(c3ccccc3n2-c2ccc3oc4ccccc4c3c2-c2nc(-c3ccccc3)nc(-c3c(-n4c5ccccc5c5ccccc54)ccc4oc5ccccc5c34)n2)C1. The van der Waals surface area contributed by atoms with Crippen molar-refractivity contribution in [3.8, 4) is 45.5 Å². The Morgan fingerprint density at radius 3 is 1.48 bits per heavy atom. The van der Waals surface area contributed by atoms with Gasteiger partial charge in [0.05, 0.1) is 39.1 Å². The molecule has 5 aromatic heterocycles. The lowest BCUT2D eigenvalue weighted by Gasteiger charge is -2.19. The third kappa shape index (κ3) is 5.27. The molecule has 13 aromatic rings. The summed E-state index contributed by atoms with van der Waals surface area (Å²) in [6.45, 7) is 2.29. The number of rotatable bonds is 5. The minimum atomic E-state index is 0.423. The van der Waals surface area contributed by atoms with Crippen molar-refractivity contribution < 1.29 is 8.83 Å². The van der Waals surface area contributed by atoms with Gasteiger partial charge in [-0.2, -0.15) is 0 Å². The molecule has 0 amide bonds. The first kappa shape index (κ1) is 36.0. The van der Waals surface area contributed by atoms with Crippen molar-refractivity contribution >= 4 is 82.7 Å². The van der Waals surface area contributed by atoms with Crippen molar-refractivity contribution in [1.82, 2.24) is 24.1 Å². The minimum absolute atomic E-state index is 0.423. The van der Waals surface area contributed by atoms with E-state index in [1.54, 1.807) is 0 Å². The number of para-hydroxylation sites is 5. The van der Waals surface area contributed by atoms with E-state index in [9.17, 15) is 0 Å². The van der Waals surface area contributed by atoms with Crippen LogP contribution >= 0.6 is 0 Å². The van der Waals surface area contributed by atoms with Crippen LogP contribution in [0.15, 0.2) is 191 Å². The third-order valence-corrected chi connectivity index (χ3v) is 13.3. The first-order chi connectivity index (χ1) is 32.2. The van der Waals surface area contributed by atoms with E-state index in [2.05, 4.69) is 162 Å². The summed E-state index contributed by atoms with van der Waals surface area (Å²) in [5.41, 5.74) is 13.4. The quantitative estimate of drug-likeness (QED) is 0.173. The lowest BCUT2D eigenvalue weighted by Crippen LogP contribution is -2.08. The molecule has 1 atom stereocenters. The molecule has 0 saturated carbocycles. The van der Waals surface area contributed by atoms with Crippen LogP contribution in [0.3, 0.4) is 0 Å². The number of furan rings is 2. The van der Waals surface area contributed by atoms with Crippen molar-refractivity contribution in [2.24, 2.45) is 5.92 Å². The van der Waals surface area contributed by atoms with Crippen molar-refractivity contribution in [3.63, 3.8) is 0 Å². The molecule has 0 radical (unpaired) electrons. The maximum absolute atomic E-state index is 6.67. The summed E-state index contributed by atoms with van der Waals surface area (Å²) in [7, 11) is 0. The lowest BCUT2D eigenvalue weighted by molar-refractivity contribution is 0.668. The van der Waals surface area contributed by atoms with Crippen LogP contribution in [0, 0.1) is 5.92 Å². The zero-order valence-electron chi connectivity index (χ0n) is 35.2. The highest BCUT2D eigenvalue weighted by Crippen LogP contribution is 2.46. The summed E-state index contributed by atoms with van der Waals surface area (Å²) in [6.07, 6.45) is 5.57. The molecule has 0 N–H and O–H groups in total. The van der Waals surface area contributed by atoms with E-state index >= 15 is 0 Å². The Morgan fingerprint density at radius 2 is 0.892 bits per heavy atom. The number of hydrogen-bond donors (Lipinski definition) is 0. The highest BCUT2D eigenvalue weighted by atomic mass is 16.3. The Morgan fingerprint density at radius 1 is 0.431 bits per heavy atom. The first-order valence-corrected chi connectivity index (χ1v) is 22.2. The Bertz CT molecular complexity index is 4080. The smallest absolute Gasteiger partial charge is 0.166 e. The number of allylic oxidation sites excluding steroid dienone is 1. The maximum atomic E-state index is 6.67. The molecule has 7 heteroatoms. The van der Waals surface area contributed by atoms with Crippen LogP contribution in [0.5, 0.6) is 0 Å². The molecule has 1 aliphatic carbocycles. The summed E-state index contributed by atoms with van der Waals surface area (Å²) in [4.78, 5) is 16.7. The topological polar surface area (TPSA) is 74.8 Å². The first-order valence-electron chi connectivity index (χ1n) is 22.2. The van der Waals surface area contributed by atoms with Gasteiger partial charge in [0.25, 0.3) is 0 Å². The average Bonchev–Trinajstić information content (AvgIpc) is 4.11. The van der Waals surface area contributed by atoms with Gasteiger partial charge in [-0.3, -0.25) is 0 Å². The monoisotopic (exact) mass is 835 g/mol. The summed E-state index contributed by atoms with van der Waals surface area (Å²) >= 11 is 0. The van der Waals surface area contributed by atoms with Crippen LogP contribution in [0.1, 0.15) is 18.2 Å². The van der Waals surface area contributed by atoms with E-state index in [0.717, 1.165) is 94.9 Å². The zero-order chi connectivity index (χ0) is 42.8. The Hall–Kier alpha value is -8.55.